The van der Waals surface area contributed by atoms with Gasteiger partial charge in [-0.3, -0.25) is 0 Å². The van der Waals surface area contributed by atoms with Gasteiger partial charge < -0.3 is 10.4 Å². The van der Waals surface area contributed by atoms with Crippen molar-refractivity contribution in [2.45, 2.75) is 58.0 Å². The smallest absolute Gasteiger partial charge is 0.129 e. The molecule has 0 unspecified atom stereocenters. The number of nitrogens with one attached hydrogen (secondary N) is 1. The molecule has 0 amide bonds. The van der Waals surface area contributed by atoms with Crippen molar-refractivity contribution < 1.29 is 5.11 Å². The first-order valence-corrected chi connectivity index (χ1v) is 8.19. The lowest BCUT2D eigenvalue weighted by Gasteiger charge is -2.29. The van der Waals surface area contributed by atoms with E-state index in [1.165, 1.54) is 44.1 Å². The van der Waals surface area contributed by atoms with E-state index in [9.17, 15) is 5.11 Å². The molecule has 1 saturated carbocycles. The van der Waals surface area contributed by atoms with Crippen LogP contribution >= 0.6 is 15.9 Å². The van der Waals surface area contributed by atoms with E-state index in [2.05, 4.69) is 28.2 Å². The van der Waals surface area contributed by atoms with E-state index >= 15 is 0 Å². The van der Waals surface area contributed by atoms with Crippen LogP contribution in [0.4, 0.5) is 0 Å². The van der Waals surface area contributed by atoms with Gasteiger partial charge in [0, 0.05) is 12.6 Å². The van der Waals surface area contributed by atoms with Crippen molar-refractivity contribution in [3.8, 4) is 5.75 Å². The van der Waals surface area contributed by atoms with Gasteiger partial charge >= 0.3 is 0 Å². The Labute approximate surface area is 124 Å². The monoisotopic (exact) mass is 325 g/mol. The van der Waals surface area contributed by atoms with E-state index in [0.29, 0.717) is 11.8 Å². The summed E-state index contributed by atoms with van der Waals surface area (Å²) >= 11 is 3.36. The van der Waals surface area contributed by atoms with Gasteiger partial charge in [0.05, 0.1) is 4.47 Å². The van der Waals surface area contributed by atoms with Crippen molar-refractivity contribution in [3.05, 3.63) is 28.2 Å². The molecule has 2 N–H and O–H groups in total. The third kappa shape index (κ3) is 4.50. The molecule has 0 aliphatic heterocycles. The van der Waals surface area contributed by atoms with Gasteiger partial charge in [0.25, 0.3) is 0 Å². The Balaban J connectivity index is 1.75. The second-order valence-corrected chi connectivity index (χ2v) is 6.53. The van der Waals surface area contributed by atoms with Crippen LogP contribution in [0.3, 0.4) is 0 Å². The lowest BCUT2D eigenvalue weighted by molar-refractivity contribution is 0.277. The zero-order chi connectivity index (χ0) is 13.7. The van der Waals surface area contributed by atoms with E-state index in [1.807, 2.05) is 12.1 Å². The average Bonchev–Trinajstić information content (AvgIpc) is 2.42. The predicted octanol–water partition coefficient (Wildman–Crippen LogP) is 4.60. The topological polar surface area (TPSA) is 32.3 Å². The van der Waals surface area contributed by atoms with E-state index < -0.39 is 0 Å². The van der Waals surface area contributed by atoms with Crippen LogP contribution < -0.4 is 5.32 Å². The molecule has 0 bridgehead atoms. The highest BCUT2D eigenvalue weighted by Gasteiger charge is 2.19. The summed E-state index contributed by atoms with van der Waals surface area (Å²) in [4.78, 5) is 0. The van der Waals surface area contributed by atoms with Gasteiger partial charge in [-0.05, 0) is 65.2 Å². The molecule has 1 aliphatic rings. The maximum atomic E-state index is 9.47. The minimum atomic E-state index is 0.309. The largest absolute Gasteiger partial charge is 0.507 e. The fourth-order valence-electron chi connectivity index (χ4n) is 2.99. The molecule has 3 heteroatoms. The van der Waals surface area contributed by atoms with Crippen LogP contribution in [0.15, 0.2) is 22.7 Å². The lowest BCUT2D eigenvalue weighted by atomic mass is 9.83. The third-order valence-corrected chi connectivity index (χ3v) is 4.79. The molecule has 1 aromatic carbocycles. The normalized spacial score (nSPS) is 23.5. The second-order valence-electron chi connectivity index (χ2n) is 5.67. The quantitative estimate of drug-likeness (QED) is 0.828. The van der Waals surface area contributed by atoms with E-state index in [1.54, 1.807) is 6.07 Å². The van der Waals surface area contributed by atoms with Crippen LogP contribution in [0.2, 0.25) is 0 Å². The minimum absolute atomic E-state index is 0.309. The second kappa shape index (κ2) is 7.30. The molecule has 19 heavy (non-hydrogen) atoms. The van der Waals surface area contributed by atoms with Crippen molar-refractivity contribution in [2.75, 3.05) is 0 Å². The first-order chi connectivity index (χ1) is 9.19. The zero-order valence-electron chi connectivity index (χ0n) is 11.7. The van der Waals surface area contributed by atoms with Crippen LogP contribution in [0, 0.1) is 5.92 Å². The Kier molecular flexibility index (Phi) is 5.71. The van der Waals surface area contributed by atoms with Gasteiger partial charge in [-0.2, -0.15) is 0 Å². The fourth-order valence-corrected chi connectivity index (χ4v) is 3.41. The van der Waals surface area contributed by atoms with E-state index in [-0.39, 0.29) is 0 Å². The molecule has 0 heterocycles. The highest BCUT2D eigenvalue weighted by atomic mass is 79.9. The van der Waals surface area contributed by atoms with E-state index in [0.717, 1.165) is 16.9 Å². The number of benzene rings is 1. The first kappa shape index (κ1) is 14.9. The molecule has 0 saturated heterocycles. The SMILES string of the molecule is CCCC1CCC(NCc2ccc(O)c(Br)c2)CC1. The highest BCUT2D eigenvalue weighted by molar-refractivity contribution is 9.10. The van der Waals surface area contributed by atoms with Gasteiger partial charge in [0.15, 0.2) is 0 Å². The van der Waals surface area contributed by atoms with Crippen LogP contribution in [-0.4, -0.2) is 11.1 Å². The van der Waals surface area contributed by atoms with E-state index in [4.69, 9.17) is 0 Å². The number of halogens is 1. The Morgan fingerprint density at radius 2 is 2.00 bits per heavy atom. The lowest BCUT2D eigenvalue weighted by Crippen LogP contribution is -2.32. The standard InChI is InChI=1S/C16H24BrNO/c1-2-3-12-4-7-14(8-5-12)18-11-13-6-9-16(19)15(17)10-13/h6,9-10,12,14,18-19H,2-5,7-8,11H2,1H3. The van der Waals surface area contributed by atoms with Crippen LogP contribution in [0.25, 0.3) is 0 Å². The van der Waals surface area contributed by atoms with Gasteiger partial charge in [0.2, 0.25) is 0 Å². The number of hydrogen-bond acceptors (Lipinski definition) is 2. The van der Waals surface area contributed by atoms with Gasteiger partial charge in [-0.15, -0.1) is 0 Å². The Morgan fingerprint density at radius 3 is 2.63 bits per heavy atom. The number of aromatic hydroxyl groups is 1. The van der Waals surface area contributed by atoms with Crippen molar-refractivity contribution in [3.63, 3.8) is 0 Å². The average molecular weight is 326 g/mol. The summed E-state index contributed by atoms with van der Waals surface area (Å²) in [6.45, 7) is 3.18. The number of rotatable bonds is 5. The highest BCUT2D eigenvalue weighted by Crippen LogP contribution is 2.28. The summed E-state index contributed by atoms with van der Waals surface area (Å²) in [5, 5.41) is 13.1. The van der Waals surface area contributed by atoms with Gasteiger partial charge in [-0.1, -0.05) is 25.8 Å². The Hall–Kier alpha value is -0.540. The summed E-state index contributed by atoms with van der Waals surface area (Å²) in [7, 11) is 0. The molecule has 1 fully saturated rings. The summed E-state index contributed by atoms with van der Waals surface area (Å²) in [5.74, 6) is 1.27. The third-order valence-electron chi connectivity index (χ3n) is 4.15. The zero-order valence-corrected chi connectivity index (χ0v) is 13.2. The maximum Gasteiger partial charge on any atom is 0.129 e. The molecule has 1 aliphatic carbocycles. The molecule has 0 aromatic heterocycles. The molecule has 1 aromatic rings. The Morgan fingerprint density at radius 1 is 1.26 bits per heavy atom. The number of phenolic OH excluding ortho intramolecular Hbond substituents is 1. The van der Waals surface area contributed by atoms with Crippen LogP contribution in [0.1, 0.15) is 51.0 Å². The maximum absolute atomic E-state index is 9.47. The Bertz CT molecular complexity index is 400. The van der Waals surface area contributed by atoms with Gasteiger partial charge in [-0.25, -0.2) is 0 Å². The van der Waals surface area contributed by atoms with Crippen molar-refractivity contribution in [1.29, 1.82) is 0 Å². The molecule has 106 valence electrons. The molecular formula is C16H24BrNO. The molecule has 0 atom stereocenters. The summed E-state index contributed by atoms with van der Waals surface area (Å²) in [6, 6.07) is 6.39. The number of phenols is 1. The van der Waals surface area contributed by atoms with Crippen molar-refractivity contribution in [2.24, 2.45) is 5.92 Å². The van der Waals surface area contributed by atoms with Crippen LogP contribution in [-0.2, 0) is 6.54 Å². The van der Waals surface area contributed by atoms with Crippen LogP contribution in [0.5, 0.6) is 5.75 Å². The molecule has 0 spiro atoms. The van der Waals surface area contributed by atoms with Gasteiger partial charge in [0.1, 0.15) is 5.75 Å². The summed E-state index contributed by atoms with van der Waals surface area (Å²) in [6.07, 6.45) is 8.10. The van der Waals surface area contributed by atoms with Crippen molar-refractivity contribution >= 4 is 15.9 Å². The molecular weight excluding hydrogens is 302 g/mol. The number of hydrogen-bond donors (Lipinski definition) is 2. The summed E-state index contributed by atoms with van der Waals surface area (Å²) < 4.78 is 0.776. The molecule has 0 radical (unpaired) electrons. The molecule has 2 rings (SSSR count). The minimum Gasteiger partial charge on any atom is -0.507 e. The van der Waals surface area contributed by atoms with Crippen molar-refractivity contribution in [1.82, 2.24) is 5.32 Å². The fraction of sp³-hybridized carbons (Fsp3) is 0.625. The predicted molar refractivity (Wildman–Crippen MR) is 83.3 cm³/mol. The molecule has 2 nitrogen and oxygen atoms in total. The summed E-state index contributed by atoms with van der Waals surface area (Å²) in [5.41, 5.74) is 1.22. The first-order valence-electron chi connectivity index (χ1n) is 7.39.